The van der Waals surface area contributed by atoms with Crippen LogP contribution in [0.5, 0.6) is 5.75 Å². The molecule has 0 aliphatic carbocycles. The average molecular weight is 287 g/mol. The van der Waals surface area contributed by atoms with Gasteiger partial charge in [0.25, 0.3) is 0 Å². The lowest BCUT2D eigenvalue weighted by atomic mass is 10.0. The zero-order valence-electron chi connectivity index (χ0n) is 12.9. The molecular formula is C16H21N3O2. The van der Waals surface area contributed by atoms with Gasteiger partial charge in [-0.25, -0.2) is 4.68 Å². The Kier molecular flexibility index (Phi) is 4.31. The fourth-order valence-electron chi connectivity index (χ4n) is 2.30. The molecule has 0 amide bonds. The summed E-state index contributed by atoms with van der Waals surface area (Å²) in [7, 11) is 1.60. The van der Waals surface area contributed by atoms with Crippen LogP contribution in [0.25, 0.3) is 11.3 Å². The molecule has 1 aromatic carbocycles. The molecule has 0 aliphatic heterocycles. The van der Waals surface area contributed by atoms with Crippen molar-refractivity contribution in [2.24, 2.45) is 5.92 Å². The van der Waals surface area contributed by atoms with Crippen LogP contribution in [0.2, 0.25) is 0 Å². The zero-order valence-corrected chi connectivity index (χ0v) is 12.9. The monoisotopic (exact) mass is 287 g/mol. The molecule has 1 heterocycles. The highest BCUT2D eigenvalue weighted by molar-refractivity contribution is 5.92. The van der Waals surface area contributed by atoms with Crippen molar-refractivity contribution in [3.8, 4) is 17.0 Å². The topological polar surface area (TPSA) is 70.1 Å². The second-order valence-electron chi connectivity index (χ2n) is 5.55. The lowest BCUT2D eigenvalue weighted by molar-refractivity contribution is 0.112. The van der Waals surface area contributed by atoms with Crippen LogP contribution >= 0.6 is 0 Å². The predicted molar refractivity (Wildman–Crippen MR) is 83.6 cm³/mol. The first-order chi connectivity index (χ1) is 9.97. The van der Waals surface area contributed by atoms with Gasteiger partial charge in [-0.1, -0.05) is 25.5 Å². The molecule has 0 spiro atoms. The quantitative estimate of drug-likeness (QED) is 0.858. The van der Waals surface area contributed by atoms with Crippen LogP contribution in [0.15, 0.2) is 18.2 Å². The number of hydrogen-bond acceptors (Lipinski definition) is 4. The number of rotatable bonds is 5. The first-order valence-corrected chi connectivity index (χ1v) is 6.94. The Labute approximate surface area is 124 Å². The molecule has 2 N–H and O–H groups in total. The van der Waals surface area contributed by atoms with Crippen LogP contribution < -0.4 is 10.5 Å². The number of hydrogen-bond donors (Lipinski definition) is 1. The highest BCUT2D eigenvalue weighted by Crippen LogP contribution is 2.34. The number of benzene rings is 1. The normalized spacial score (nSPS) is 10.9. The van der Waals surface area contributed by atoms with Gasteiger partial charge in [0, 0.05) is 12.1 Å². The Hall–Kier alpha value is -2.30. The molecule has 112 valence electrons. The Morgan fingerprint density at radius 3 is 2.71 bits per heavy atom. The molecule has 21 heavy (non-hydrogen) atoms. The summed E-state index contributed by atoms with van der Waals surface area (Å²) in [5, 5.41) is 4.52. The van der Waals surface area contributed by atoms with Crippen LogP contribution in [-0.2, 0) is 6.54 Å². The van der Waals surface area contributed by atoms with Gasteiger partial charge in [0.15, 0.2) is 6.29 Å². The van der Waals surface area contributed by atoms with Crippen LogP contribution in [0.4, 0.5) is 5.82 Å². The van der Waals surface area contributed by atoms with E-state index in [0.29, 0.717) is 35.3 Å². The second-order valence-corrected chi connectivity index (χ2v) is 5.55. The highest BCUT2D eigenvalue weighted by atomic mass is 16.5. The van der Waals surface area contributed by atoms with Crippen LogP contribution in [0.1, 0.15) is 29.8 Å². The summed E-state index contributed by atoms with van der Waals surface area (Å²) < 4.78 is 7.06. The number of carbonyl (C=O) groups excluding carboxylic acids is 1. The molecular weight excluding hydrogens is 266 g/mol. The number of aromatic nitrogens is 2. The second kappa shape index (κ2) is 5.99. The van der Waals surface area contributed by atoms with E-state index in [-0.39, 0.29) is 0 Å². The molecule has 0 fully saturated rings. The maximum absolute atomic E-state index is 11.4. The molecule has 5 nitrogen and oxygen atoms in total. The number of anilines is 1. The lowest BCUT2D eigenvalue weighted by Gasteiger charge is -2.08. The van der Waals surface area contributed by atoms with E-state index in [1.54, 1.807) is 11.8 Å². The summed E-state index contributed by atoms with van der Waals surface area (Å²) in [6.07, 6.45) is 0.760. The molecule has 5 heteroatoms. The Morgan fingerprint density at radius 2 is 2.14 bits per heavy atom. The van der Waals surface area contributed by atoms with Crippen LogP contribution in [0.3, 0.4) is 0 Å². The number of nitrogens with two attached hydrogens (primary N) is 1. The van der Waals surface area contributed by atoms with Gasteiger partial charge >= 0.3 is 0 Å². The summed E-state index contributed by atoms with van der Waals surface area (Å²) in [5.41, 5.74) is 8.90. The number of nitrogens with zero attached hydrogens (tertiary/aromatic N) is 2. The average Bonchev–Trinajstić information content (AvgIpc) is 2.74. The molecule has 2 aromatic rings. The lowest BCUT2D eigenvalue weighted by Crippen LogP contribution is -2.09. The minimum atomic E-state index is 0.388. The third-order valence-corrected chi connectivity index (χ3v) is 3.30. The number of nitrogen functional groups attached to an aromatic ring is 1. The molecule has 2 rings (SSSR count). The van der Waals surface area contributed by atoms with Gasteiger partial charge in [0.05, 0.1) is 12.7 Å². The third kappa shape index (κ3) is 2.91. The zero-order chi connectivity index (χ0) is 15.6. The van der Waals surface area contributed by atoms with Gasteiger partial charge in [-0.3, -0.25) is 4.79 Å². The van der Waals surface area contributed by atoms with Crippen molar-refractivity contribution in [1.82, 2.24) is 9.78 Å². The van der Waals surface area contributed by atoms with Crippen molar-refractivity contribution in [3.05, 3.63) is 29.3 Å². The molecule has 0 radical (unpaired) electrons. The van der Waals surface area contributed by atoms with E-state index in [9.17, 15) is 4.79 Å². The number of methoxy groups -OCH3 is 1. The van der Waals surface area contributed by atoms with E-state index >= 15 is 0 Å². The number of carbonyl (C=O) groups is 1. The summed E-state index contributed by atoms with van der Waals surface area (Å²) in [4.78, 5) is 11.4. The van der Waals surface area contributed by atoms with Crippen LogP contribution in [-0.4, -0.2) is 23.2 Å². The molecule has 0 saturated carbocycles. The third-order valence-electron chi connectivity index (χ3n) is 3.30. The minimum Gasteiger partial charge on any atom is -0.496 e. The fraction of sp³-hybridized carbons (Fsp3) is 0.375. The van der Waals surface area contributed by atoms with Crippen molar-refractivity contribution >= 4 is 12.1 Å². The molecule has 0 unspecified atom stereocenters. The Bertz CT molecular complexity index is 660. The molecule has 0 saturated heterocycles. The molecule has 0 atom stereocenters. The SMILES string of the molecule is COc1ccc(C)cc1-c1nn(CC(C)C)c(N)c1C=O. The van der Waals surface area contributed by atoms with Gasteiger partial charge in [-0.15, -0.1) is 0 Å². The Morgan fingerprint density at radius 1 is 1.43 bits per heavy atom. The van der Waals surface area contributed by atoms with Crippen LogP contribution in [0, 0.1) is 12.8 Å². The smallest absolute Gasteiger partial charge is 0.156 e. The number of ether oxygens (including phenoxy) is 1. The fourth-order valence-corrected chi connectivity index (χ4v) is 2.30. The van der Waals surface area contributed by atoms with E-state index in [2.05, 4.69) is 18.9 Å². The molecule has 1 aromatic heterocycles. The Balaban J connectivity index is 2.63. The van der Waals surface area contributed by atoms with Crippen molar-refractivity contribution in [2.75, 3.05) is 12.8 Å². The van der Waals surface area contributed by atoms with E-state index in [1.165, 1.54) is 0 Å². The van der Waals surface area contributed by atoms with Crippen molar-refractivity contribution < 1.29 is 9.53 Å². The predicted octanol–water partition coefficient (Wildman–Crippen LogP) is 2.92. The standard InChI is InChI=1S/C16H21N3O2/c1-10(2)8-19-16(17)13(9-20)15(18-19)12-7-11(3)5-6-14(12)21-4/h5-7,9-10H,8,17H2,1-4H3. The van der Waals surface area contributed by atoms with Crippen molar-refractivity contribution in [3.63, 3.8) is 0 Å². The van der Waals surface area contributed by atoms with Crippen molar-refractivity contribution in [1.29, 1.82) is 0 Å². The first kappa shape index (κ1) is 15.1. The summed E-state index contributed by atoms with van der Waals surface area (Å²) in [6, 6.07) is 5.78. The number of aldehydes is 1. The van der Waals surface area contributed by atoms with E-state index in [1.807, 2.05) is 25.1 Å². The van der Waals surface area contributed by atoms with Gasteiger partial charge in [-0.05, 0) is 25.0 Å². The minimum absolute atomic E-state index is 0.388. The molecule has 0 aliphatic rings. The summed E-state index contributed by atoms with van der Waals surface area (Å²) >= 11 is 0. The summed E-state index contributed by atoms with van der Waals surface area (Å²) in [6.45, 7) is 6.81. The largest absolute Gasteiger partial charge is 0.496 e. The van der Waals surface area contributed by atoms with E-state index in [0.717, 1.165) is 17.4 Å². The van der Waals surface area contributed by atoms with E-state index in [4.69, 9.17) is 10.5 Å². The van der Waals surface area contributed by atoms with Gasteiger partial charge < -0.3 is 10.5 Å². The molecule has 0 bridgehead atoms. The maximum Gasteiger partial charge on any atom is 0.156 e. The first-order valence-electron chi connectivity index (χ1n) is 6.94. The van der Waals surface area contributed by atoms with Gasteiger partial charge in [-0.2, -0.15) is 5.10 Å². The van der Waals surface area contributed by atoms with E-state index < -0.39 is 0 Å². The van der Waals surface area contributed by atoms with Crippen molar-refractivity contribution in [2.45, 2.75) is 27.3 Å². The summed E-state index contributed by atoms with van der Waals surface area (Å²) in [5.74, 6) is 1.47. The maximum atomic E-state index is 11.4. The van der Waals surface area contributed by atoms with Gasteiger partial charge in [0.1, 0.15) is 17.3 Å². The van der Waals surface area contributed by atoms with Gasteiger partial charge in [0.2, 0.25) is 0 Å². The number of aryl methyl sites for hydroxylation is 1. The highest BCUT2D eigenvalue weighted by Gasteiger charge is 2.20.